The Kier molecular flexibility index (Phi) is 3.02. The van der Waals surface area contributed by atoms with E-state index in [1.165, 1.54) is 24.3 Å². The monoisotopic (exact) mass is 240 g/mol. The molecule has 13 heavy (non-hydrogen) atoms. The molecule has 0 heterocycles. The van der Waals surface area contributed by atoms with Gasteiger partial charge in [-0.15, -0.1) is 0 Å². The molecule has 2 N–H and O–H groups in total. The van der Waals surface area contributed by atoms with Gasteiger partial charge in [-0.25, -0.2) is 8.42 Å². The molecule has 0 spiro atoms. The first-order valence-corrected chi connectivity index (χ1v) is 5.28. The maximum atomic E-state index is 11.3. The zero-order valence-corrected chi connectivity index (χ0v) is 8.64. The van der Waals surface area contributed by atoms with Crippen LogP contribution < -0.4 is 5.73 Å². The van der Waals surface area contributed by atoms with E-state index in [1.807, 2.05) is 0 Å². The summed E-state index contributed by atoms with van der Waals surface area (Å²) in [6.45, 7) is 0. The summed E-state index contributed by atoms with van der Waals surface area (Å²) >= 11 is 10.2. The number of rotatable bonds is 2. The van der Waals surface area contributed by atoms with Crippen LogP contribution in [0.3, 0.4) is 0 Å². The van der Waals surface area contributed by atoms with Gasteiger partial charge in [-0.2, -0.15) is 0 Å². The molecule has 72 valence electrons. The van der Waals surface area contributed by atoms with Crippen molar-refractivity contribution in [3.8, 4) is 0 Å². The Morgan fingerprint density at radius 1 is 1.15 bits per heavy atom. The van der Waals surface area contributed by atoms with E-state index in [1.54, 1.807) is 0 Å². The van der Waals surface area contributed by atoms with Crippen molar-refractivity contribution in [1.29, 1.82) is 0 Å². The second kappa shape index (κ2) is 3.71. The predicted molar refractivity (Wildman–Crippen MR) is 51.6 cm³/mol. The molecule has 0 aliphatic carbocycles. The molecular weight excluding hydrogens is 235 g/mol. The Labute approximate surface area is 86.1 Å². The Bertz CT molecular complexity index is 388. The first-order chi connectivity index (χ1) is 5.94. The lowest BCUT2D eigenvalue weighted by atomic mass is 10.3. The Balaban J connectivity index is 3.17. The molecule has 0 radical (unpaired) electrons. The van der Waals surface area contributed by atoms with Crippen LogP contribution in [0.15, 0.2) is 29.2 Å². The van der Waals surface area contributed by atoms with E-state index >= 15 is 0 Å². The lowest BCUT2D eigenvalue weighted by Crippen LogP contribution is -2.12. The molecule has 0 bridgehead atoms. The lowest BCUT2D eigenvalue weighted by Gasteiger charge is -2.05. The van der Waals surface area contributed by atoms with Crippen molar-refractivity contribution >= 4 is 39.3 Å². The van der Waals surface area contributed by atoms with Crippen LogP contribution >= 0.6 is 23.6 Å². The first kappa shape index (κ1) is 10.6. The molecule has 0 atom stereocenters. The number of sulfonamides is 1. The summed E-state index contributed by atoms with van der Waals surface area (Å²) in [7, 11) is -3.79. The molecule has 1 rings (SSSR count). The fourth-order valence-electron chi connectivity index (χ4n) is 0.719. The maximum Gasteiger partial charge on any atom is 0.270 e. The van der Waals surface area contributed by atoms with Gasteiger partial charge >= 0.3 is 0 Å². The Hall–Kier alpha value is -0.490. The standard InChI is InChI=1S/C6H6Cl2N2O2S/c7-10(8)13(11,12)6-3-1-5(9)2-4-6/h1-4H,9H2. The Morgan fingerprint density at radius 3 is 2.00 bits per heavy atom. The van der Waals surface area contributed by atoms with Gasteiger partial charge in [-0.3, -0.25) is 0 Å². The molecule has 1 aromatic rings. The molecule has 0 saturated heterocycles. The quantitative estimate of drug-likeness (QED) is 0.631. The van der Waals surface area contributed by atoms with Crippen LogP contribution in [0.1, 0.15) is 0 Å². The van der Waals surface area contributed by atoms with Crippen molar-refractivity contribution in [2.24, 2.45) is 0 Å². The SMILES string of the molecule is Nc1ccc(S(=O)(=O)N(Cl)Cl)cc1. The van der Waals surface area contributed by atoms with Crippen molar-refractivity contribution < 1.29 is 8.42 Å². The minimum atomic E-state index is -3.79. The lowest BCUT2D eigenvalue weighted by molar-refractivity contribution is 0.579. The van der Waals surface area contributed by atoms with E-state index in [0.29, 0.717) is 5.69 Å². The van der Waals surface area contributed by atoms with Gasteiger partial charge in [-0.05, 0) is 27.6 Å². The molecule has 0 fully saturated rings. The summed E-state index contributed by atoms with van der Waals surface area (Å²) in [5.74, 6) is 0. The summed E-state index contributed by atoms with van der Waals surface area (Å²) in [4.78, 5) is -0.00769. The normalized spacial score (nSPS) is 11.9. The molecule has 0 aromatic heterocycles. The maximum absolute atomic E-state index is 11.3. The van der Waals surface area contributed by atoms with Crippen molar-refractivity contribution in [1.82, 2.24) is 3.34 Å². The number of nitrogens with zero attached hydrogens (tertiary/aromatic N) is 1. The highest BCUT2D eigenvalue weighted by molar-refractivity contribution is 7.91. The number of nitrogens with two attached hydrogens (primary N) is 1. The summed E-state index contributed by atoms with van der Waals surface area (Å²) in [5.41, 5.74) is 5.84. The van der Waals surface area contributed by atoms with Gasteiger partial charge in [0.2, 0.25) is 0 Å². The zero-order valence-electron chi connectivity index (χ0n) is 6.31. The summed E-state index contributed by atoms with van der Waals surface area (Å²) in [6, 6.07) is 5.54. The Morgan fingerprint density at radius 2 is 1.62 bits per heavy atom. The zero-order chi connectivity index (χ0) is 10.1. The summed E-state index contributed by atoms with van der Waals surface area (Å²) in [6.07, 6.45) is 0. The highest BCUT2D eigenvalue weighted by Crippen LogP contribution is 2.20. The summed E-state index contributed by atoms with van der Waals surface area (Å²) < 4.78 is 22.6. The van der Waals surface area contributed by atoms with E-state index in [9.17, 15) is 8.42 Å². The number of halogens is 2. The van der Waals surface area contributed by atoms with Crippen molar-refractivity contribution in [3.05, 3.63) is 24.3 Å². The molecule has 0 aliphatic rings. The second-order valence-corrected chi connectivity index (χ2v) is 5.28. The number of hydrogen-bond acceptors (Lipinski definition) is 3. The van der Waals surface area contributed by atoms with Gasteiger partial charge in [0, 0.05) is 29.2 Å². The predicted octanol–water partition coefficient (Wildman–Crippen LogP) is 1.57. The van der Waals surface area contributed by atoms with Gasteiger partial charge in [0.05, 0.1) is 4.90 Å². The second-order valence-electron chi connectivity index (χ2n) is 2.25. The van der Waals surface area contributed by atoms with Crippen molar-refractivity contribution in [2.75, 3.05) is 5.73 Å². The highest BCUT2D eigenvalue weighted by atomic mass is 35.5. The van der Waals surface area contributed by atoms with Gasteiger partial charge < -0.3 is 5.73 Å². The van der Waals surface area contributed by atoms with Crippen molar-refractivity contribution in [2.45, 2.75) is 4.90 Å². The van der Waals surface area contributed by atoms with E-state index < -0.39 is 10.0 Å². The number of benzene rings is 1. The van der Waals surface area contributed by atoms with E-state index in [2.05, 4.69) is 0 Å². The topological polar surface area (TPSA) is 63.4 Å². The third-order valence-electron chi connectivity index (χ3n) is 1.36. The fraction of sp³-hybridized carbons (Fsp3) is 0. The average Bonchev–Trinajstić information content (AvgIpc) is 2.04. The molecule has 0 unspecified atom stereocenters. The molecule has 0 aliphatic heterocycles. The van der Waals surface area contributed by atoms with Crippen LogP contribution in [-0.2, 0) is 10.0 Å². The fourth-order valence-corrected chi connectivity index (χ4v) is 1.84. The third-order valence-corrected chi connectivity index (χ3v) is 3.68. The van der Waals surface area contributed by atoms with Crippen LogP contribution in [0.2, 0.25) is 0 Å². The third kappa shape index (κ3) is 2.25. The smallest absolute Gasteiger partial charge is 0.270 e. The van der Waals surface area contributed by atoms with Gasteiger partial charge in [-0.1, -0.05) is 0 Å². The average molecular weight is 241 g/mol. The van der Waals surface area contributed by atoms with Crippen LogP contribution in [0.5, 0.6) is 0 Å². The molecule has 1 aromatic carbocycles. The van der Waals surface area contributed by atoms with Crippen LogP contribution in [0.25, 0.3) is 0 Å². The van der Waals surface area contributed by atoms with Gasteiger partial charge in [0.15, 0.2) is 0 Å². The highest BCUT2D eigenvalue weighted by Gasteiger charge is 2.20. The molecule has 0 amide bonds. The van der Waals surface area contributed by atoms with Crippen LogP contribution in [0, 0.1) is 0 Å². The largest absolute Gasteiger partial charge is 0.399 e. The number of hydrogen-bond donors (Lipinski definition) is 1. The minimum absolute atomic E-state index is 0.00769. The number of nitrogen functional groups attached to an aromatic ring is 1. The summed E-state index contributed by atoms with van der Waals surface area (Å²) in [5, 5.41) is 0. The van der Waals surface area contributed by atoms with E-state index in [0.717, 1.165) is 0 Å². The van der Waals surface area contributed by atoms with Crippen LogP contribution in [-0.4, -0.2) is 11.8 Å². The van der Waals surface area contributed by atoms with E-state index in [4.69, 9.17) is 29.3 Å². The molecular formula is C6H6Cl2N2O2S. The van der Waals surface area contributed by atoms with Crippen molar-refractivity contribution in [3.63, 3.8) is 0 Å². The first-order valence-electron chi connectivity index (χ1n) is 3.17. The van der Waals surface area contributed by atoms with Gasteiger partial charge in [0.1, 0.15) is 0 Å². The number of anilines is 1. The minimum Gasteiger partial charge on any atom is -0.399 e. The molecule has 0 saturated carbocycles. The van der Waals surface area contributed by atoms with Gasteiger partial charge in [0.25, 0.3) is 10.0 Å². The van der Waals surface area contributed by atoms with E-state index in [-0.39, 0.29) is 8.24 Å². The van der Waals surface area contributed by atoms with Crippen LogP contribution in [0.4, 0.5) is 5.69 Å². The molecule has 7 heteroatoms. The molecule has 4 nitrogen and oxygen atoms in total.